The molecular formula is C11H17NO2. The Morgan fingerprint density at radius 1 is 1.36 bits per heavy atom. The Kier molecular flexibility index (Phi) is 6.41. The Bertz CT molecular complexity index is 259. The molecule has 0 aliphatic rings. The first-order valence-electron chi connectivity index (χ1n) is 4.72. The zero-order valence-electron chi connectivity index (χ0n) is 8.60. The molecule has 0 aromatic heterocycles. The van der Waals surface area contributed by atoms with Gasteiger partial charge in [0.2, 0.25) is 0 Å². The number of carboxylic acid groups (broad SMARTS) is 1. The van der Waals surface area contributed by atoms with Gasteiger partial charge in [-0.3, -0.25) is 4.79 Å². The summed E-state index contributed by atoms with van der Waals surface area (Å²) in [6.45, 7) is 4.00. The molecule has 0 amide bonds. The third-order valence-corrected chi connectivity index (χ3v) is 1.62. The summed E-state index contributed by atoms with van der Waals surface area (Å²) in [6, 6.07) is 8.54. The number of carboxylic acids is 1. The van der Waals surface area contributed by atoms with E-state index in [9.17, 15) is 4.79 Å². The van der Waals surface area contributed by atoms with Gasteiger partial charge in [0, 0.05) is 0 Å². The summed E-state index contributed by atoms with van der Waals surface area (Å²) in [5, 5.41) is 8.52. The van der Waals surface area contributed by atoms with Crippen molar-refractivity contribution in [3.05, 3.63) is 35.9 Å². The lowest BCUT2D eigenvalue weighted by atomic mass is 10.1. The van der Waals surface area contributed by atoms with Crippen LogP contribution < -0.4 is 5.73 Å². The summed E-state index contributed by atoms with van der Waals surface area (Å²) in [5.41, 5.74) is 6.30. The van der Waals surface area contributed by atoms with E-state index < -0.39 is 12.0 Å². The summed E-state index contributed by atoms with van der Waals surface area (Å²) < 4.78 is 0. The van der Waals surface area contributed by atoms with E-state index in [-0.39, 0.29) is 0 Å². The lowest BCUT2D eigenvalue weighted by Gasteiger charge is -2.04. The first-order valence-corrected chi connectivity index (χ1v) is 4.72. The zero-order valence-corrected chi connectivity index (χ0v) is 8.60. The second-order valence-electron chi connectivity index (χ2n) is 2.63. The summed E-state index contributed by atoms with van der Waals surface area (Å²) >= 11 is 0. The molecule has 1 atom stereocenters. The molecule has 0 aliphatic heterocycles. The van der Waals surface area contributed by atoms with Crippen LogP contribution in [0.3, 0.4) is 0 Å². The average molecular weight is 195 g/mol. The maximum absolute atomic E-state index is 10.4. The van der Waals surface area contributed by atoms with Crippen molar-refractivity contribution >= 4 is 5.97 Å². The molecule has 0 fully saturated rings. The summed E-state index contributed by atoms with van der Waals surface area (Å²) in [5.74, 6) is -0.959. The molecule has 14 heavy (non-hydrogen) atoms. The van der Waals surface area contributed by atoms with Crippen molar-refractivity contribution in [2.24, 2.45) is 5.73 Å². The second-order valence-corrected chi connectivity index (χ2v) is 2.63. The van der Waals surface area contributed by atoms with Gasteiger partial charge in [0.1, 0.15) is 6.04 Å². The van der Waals surface area contributed by atoms with Gasteiger partial charge in [-0.05, 0) is 12.0 Å². The normalized spacial score (nSPS) is 11.1. The molecule has 3 nitrogen and oxygen atoms in total. The highest BCUT2D eigenvalue weighted by molar-refractivity contribution is 5.73. The minimum Gasteiger partial charge on any atom is -0.480 e. The van der Waals surface area contributed by atoms with E-state index in [1.807, 2.05) is 44.2 Å². The summed E-state index contributed by atoms with van der Waals surface area (Å²) in [6.07, 6.45) is 0.385. The molecule has 0 saturated heterocycles. The Hall–Kier alpha value is -1.35. The molecular weight excluding hydrogens is 178 g/mol. The zero-order chi connectivity index (χ0) is 11.0. The average Bonchev–Trinajstić information content (AvgIpc) is 2.22. The fourth-order valence-electron chi connectivity index (χ4n) is 0.955. The van der Waals surface area contributed by atoms with Gasteiger partial charge in [0.25, 0.3) is 0 Å². The van der Waals surface area contributed by atoms with Crippen molar-refractivity contribution in [2.75, 3.05) is 0 Å². The van der Waals surface area contributed by atoms with Crippen LogP contribution >= 0.6 is 0 Å². The smallest absolute Gasteiger partial charge is 0.320 e. The highest BCUT2D eigenvalue weighted by atomic mass is 16.4. The molecule has 78 valence electrons. The molecule has 0 aliphatic carbocycles. The van der Waals surface area contributed by atoms with Crippen LogP contribution in [-0.2, 0) is 11.2 Å². The van der Waals surface area contributed by atoms with Gasteiger partial charge in [-0.2, -0.15) is 0 Å². The molecule has 0 heterocycles. The van der Waals surface area contributed by atoms with Crippen molar-refractivity contribution in [2.45, 2.75) is 26.3 Å². The largest absolute Gasteiger partial charge is 0.480 e. The van der Waals surface area contributed by atoms with Gasteiger partial charge in [-0.1, -0.05) is 44.2 Å². The van der Waals surface area contributed by atoms with E-state index in [4.69, 9.17) is 10.8 Å². The molecule has 3 heteroatoms. The van der Waals surface area contributed by atoms with Crippen LogP contribution in [0.15, 0.2) is 30.3 Å². The molecule has 0 spiro atoms. The Morgan fingerprint density at radius 3 is 2.29 bits per heavy atom. The van der Waals surface area contributed by atoms with Crippen LogP contribution in [0.4, 0.5) is 0 Å². The molecule has 1 aromatic carbocycles. The maximum Gasteiger partial charge on any atom is 0.320 e. The first-order chi connectivity index (χ1) is 6.70. The van der Waals surface area contributed by atoms with Gasteiger partial charge in [0.05, 0.1) is 0 Å². The van der Waals surface area contributed by atoms with Gasteiger partial charge in [-0.15, -0.1) is 0 Å². The predicted molar refractivity (Wildman–Crippen MR) is 57.1 cm³/mol. The van der Waals surface area contributed by atoms with Crippen LogP contribution in [-0.4, -0.2) is 17.1 Å². The van der Waals surface area contributed by atoms with Crippen molar-refractivity contribution in [1.82, 2.24) is 0 Å². The van der Waals surface area contributed by atoms with E-state index in [0.717, 1.165) is 5.56 Å². The number of hydrogen-bond donors (Lipinski definition) is 2. The number of hydrogen-bond acceptors (Lipinski definition) is 2. The fourth-order valence-corrected chi connectivity index (χ4v) is 0.955. The van der Waals surface area contributed by atoms with Crippen molar-refractivity contribution < 1.29 is 9.90 Å². The molecule has 0 saturated carbocycles. The summed E-state index contributed by atoms with van der Waals surface area (Å²) in [4.78, 5) is 10.4. The van der Waals surface area contributed by atoms with Crippen LogP contribution in [0.1, 0.15) is 19.4 Å². The predicted octanol–water partition coefficient (Wildman–Crippen LogP) is 1.67. The van der Waals surface area contributed by atoms with Crippen molar-refractivity contribution in [3.8, 4) is 0 Å². The number of aliphatic carboxylic acids is 1. The third-order valence-electron chi connectivity index (χ3n) is 1.62. The van der Waals surface area contributed by atoms with Gasteiger partial charge >= 0.3 is 5.97 Å². The quantitative estimate of drug-likeness (QED) is 0.771. The van der Waals surface area contributed by atoms with Crippen molar-refractivity contribution in [1.29, 1.82) is 0 Å². The fraction of sp³-hybridized carbons (Fsp3) is 0.364. The maximum atomic E-state index is 10.4. The topological polar surface area (TPSA) is 63.3 Å². The monoisotopic (exact) mass is 195 g/mol. The molecule has 1 rings (SSSR count). The van der Waals surface area contributed by atoms with Crippen molar-refractivity contribution in [3.63, 3.8) is 0 Å². The van der Waals surface area contributed by atoms with E-state index in [2.05, 4.69) is 0 Å². The Morgan fingerprint density at radius 2 is 1.86 bits per heavy atom. The molecule has 1 aromatic rings. The van der Waals surface area contributed by atoms with E-state index in [0.29, 0.717) is 6.42 Å². The molecule has 0 radical (unpaired) electrons. The van der Waals surface area contributed by atoms with E-state index in [1.54, 1.807) is 0 Å². The van der Waals surface area contributed by atoms with Crippen LogP contribution in [0.25, 0.3) is 0 Å². The van der Waals surface area contributed by atoms with Crippen LogP contribution in [0.2, 0.25) is 0 Å². The highest BCUT2D eigenvalue weighted by Crippen LogP contribution is 2.01. The number of carbonyl (C=O) groups is 1. The number of nitrogens with two attached hydrogens (primary N) is 1. The lowest BCUT2D eigenvalue weighted by molar-refractivity contribution is -0.138. The van der Waals surface area contributed by atoms with E-state index >= 15 is 0 Å². The molecule has 0 bridgehead atoms. The Balaban J connectivity index is 0.000000791. The number of rotatable bonds is 3. The Labute approximate surface area is 84.6 Å². The third kappa shape index (κ3) is 4.62. The van der Waals surface area contributed by atoms with Crippen LogP contribution in [0.5, 0.6) is 0 Å². The number of benzene rings is 1. The van der Waals surface area contributed by atoms with E-state index in [1.165, 1.54) is 0 Å². The van der Waals surface area contributed by atoms with Crippen LogP contribution in [0, 0.1) is 0 Å². The van der Waals surface area contributed by atoms with Gasteiger partial charge < -0.3 is 10.8 Å². The standard InChI is InChI=1S/C9H11NO2.C2H6/c10-8(9(11)12)6-7-4-2-1-3-5-7;1-2/h1-5,8H,6,10H2,(H,11,12);1-2H3/t8-;/m0./s1. The molecule has 3 N–H and O–H groups in total. The highest BCUT2D eigenvalue weighted by Gasteiger charge is 2.10. The molecule has 0 unspecified atom stereocenters. The van der Waals surface area contributed by atoms with Gasteiger partial charge in [-0.25, -0.2) is 0 Å². The minimum absolute atomic E-state index is 0.385. The SMILES string of the molecule is CC.N[C@@H](Cc1ccccc1)C(=O)O. The first kappa shape index (κ1) is 12.7. The summed E-state index contributed by atoms with van der Waals surface area (Å²) in [7, 11) is 0. The second kappa shape index (κ2) is 7.09. The van der Waals surface area contributed by atoms with Gasteiger partial charge in [0.15, 0.2) is 0 Å². The minimum atomic E-state index is -0.959. The lowest BCUT2D eigenvalue weighted by Crippen LogP contribution is -2.32.